The third-order valence-electron chi connectivity index (χ3n) is 2.96. The van der Waals surface area contributed by atoms with Crippen LogP contribution in [0.2, 0.25) is 0 Å². The topological polar surface area (TPSA) is 57.6 Å². The molecule has 0 atom stereocenters. The SMILES string of the molecule is CCN(Cc1cccs1)S(=O)(=O)c1cc(CO)sc1C. The van der Waals surface area contributed by atoms with Crippen molar-refractivity contribution in [1.82, 2.24) is 4.31 Å². The number of aliphatic hydroxyl groups excluding tert-OH is 1. The van der Waals surface area contributed by atoms with Gasteiger partial charge in [-0.3, -0.25) is 0 Å². The van der Waals surface area contributed by atoms with Gasteiger partial charge in [-0.2, -0.15) is 4.31 Å². The lowest BCUT2D eigenvalue weighted by Gasteiger charge is -2.19. The van der Waals surface area contributed by atoms with Crippen LogP contribution < -0.4 is 0 Å². The van der Waals surface area contributed by atoms with Crippen molar-refractivity contribution in [3.63, 3.8) is 0 Å². The Balaban J connectivity index is 2.33. The maximum atomic E-state index is 12.7. The van der Waals surface area contributed by atoms with Gasteiger partial charge in [-0.15, -0.1) is 22.7 Å². The van der Waals surface area contributed by atoms with E-state index in [4.69, 9.17) is 5.11 Å². The molecule has 0 bridgehead atoms. The molecule has 0 spiro atoms. The molecule has 20 heavy (non-hydrogen) atoms. The van der Waals surface area contributed by atoms with Gasteiger partial charge in [0.05, 0.1) is 11.5 Å². The van der Waals surface area contributed by atoms with Gasteiger partial charge in [0.2, 0.25) is 10.0 Å². The van der Waals surface area contributed by atoms with Crippen molar-refractivity contribution in [2.24, 2.45) is 0 Å². The lowest BCUT2D eigenvalue weighted by Crippen LogP contribution is -2.30. The molecule has 0 aliphatic carbocycles. The third kappa shape index (κ3) is 3.12. The Hall–Kier alpha value is -0.730. The summed E-state index contributed by atoms with van der Waals surface area (Å²) in [5, 5.41) is 11.1. The van der Waals surface area contributed by atoms with Crippen molar-refractivity contribution in [3.05, 3.63) is 38.2 Å². The van der Waals surface area contributed by atoms with Crippen LogP contribution in [0.15, 0.2) is 28.5 Å². The summed E-state index contributed by atoms with van der Waals surface area (Å²) in [6.07, 6.45) is 0. The first kappa shape index (κ1) is 15.7. The number of rotatable bonds is 6. The largest absolute Gasteiger partial charge is 0.391 e. The van der Waals surface area contributed by atoms with Gasteiger partial charge in [-0.1, -0.05) is 13.0 Å². The average molecular weight is 331 g/mol. The number of hydrogen-bond donors (Lipinski definition) is 1. The maximum Gasteiger partial charge on any atom is 0.244 e. The summed E-state index contributed by atoms with van der Waals surface area (Å²) in [4.78, 5) is 2.72. The zero-order valence-corrected chi connectivity index (χ0v) is 13.8. The van der Waals surface area contributed by atoms with Gasteiger partial charge in [0.15, 0.2) is 0 Å². The van der Waals surface area contributed by atoms with Gasteiger partial charge in [0.25, 0.3) is 0 Å². The van der Waals surface area contributed by atoms with Crippen LogP contribution in [-0.4, -0.2) is 24.4 Å². The summed E-state index contributed by atoms with van der Waals surface area (Å²) in [5.41, 5.74) is 0. The van der Waals surface area contributed by atoms with Gasteiger partial charge < -0.3 is 5.11 Å². The first-order valence-corrected chi connectivity index (χ1v) is 9.35. The molecule has 0 aliphatic heterocycles. The minimum Gasteiger partial charge on any atom is -0.391 e. The van der Waals surface area contributed by atoms with Gasteiger partial charge >= 0.3 is 0 Å². The summed E-state index contributed by atoms with van der Waals surface area (Å²) in [6, 6.07) is 5.43. The molecule has 2 heterocycles. The number of nitrogens with zero attached hydrogens (tertiary/aromatic N) is 1. The standard InChI is InChI=1S/C13H17NO3S3/c1-3-14(8-11-5-4-6-18-11)20(16,17)13-7-12(9-15)19-10(13)2/h4-7,15H,3,8-9H2,1-2H3. The zero-order chi connectivity index (χ0) is 14.8. The van der Waals surface area contributed by atoms with Gasteiger partial charge in [-0.25, -0.2) is 8.42 Å². The van der Waals surface area contributed by atoms with Crippen LogP contribution in [0.3, 0.4) is 0 Å². The molecule has 0 amide bonds. The molecule has 110 valence electrons. The van der Waals surface area contributed by atoms with Crippen molar-refractivity contribution >= 4 is 32.7 Å². The van der Waals surface area contributed by atoms with E-state index in [1.165, 1.54) is 15.6 Å². The molecule has 0 saturated heterocycles. The van der Waals surface area contributed by atoms with E-state index in [0.717, 1.165) is 9.75 Å². The molecule has 2 rings (SSSR count). The molecule has 4 nitrogen and oxygen atoms in total. The molecular weight excluding hydrogens is 314 g/mol. The molecule has 2 aromatic rings. The Labute approximate surface area is 127 Å². The van der Waals surface area contributed by atoms with Crippen LogP contribution in [0.25, 0.3) is 0 Å². The highest BCUT2D eigenvalue weighted by Crippen LogP contribution is 2.29. The average Bonchev–Trinajstić information content (AvgIpc) is 3.04. The quantitative estimate of drug-likeness (QED) is 0.885. The molecule has 2 aromatic heterocycles. The Morgan fingerprint density at radius 2 is 2.10 bits per heavy atom. The number of aryl methyl sites for hydroxylation is 1. The van der Waals surface area contributed by atoms with Crippen LogP contribution in [0.1, 0.15) is 21.6 Å². The Bertz CT molecular complexity index is 659. The summed E-state index contributed by atoms with van der Waals surface area (Å²) in [5.74, 6) is 0. The highest BCUT2D eigenvalue weighted by Gasteiger charge is 2.27. The predicted molar refractivity (Wildman–Crippen MR) is 82.6 cm³/mol. The summed E-state index contributed by atoms with van der Waals surface area (Å²) >= 11 is 2.87. The number of sulfonamides is 1. The summed E-state index contributed by atoms with van der Waals surface area (Å²) < 4.78 is 26.9. The third-order valence-corrected chi connectivity index (χ3v) is 7.03. The Kier molecular flexibility index (Phi) is 4.98. The zero-order valence-electron chi connectivity index (χ0n) is 11.4. The minimum atomic E-state index is -3.51. The monoisotopic (exact) mass is 331 g/mol. The van der Waals surface area contributed by atoms with E-state index < -0.39 is 10.0 Å². The molecule has 7 heteroatoms. The smallest absolute Gasteiger partial charge is 0.244 e. The summed E-state index contributed by atoms with van der Waals surface area (Å²) in [6.45, 7) is 4.29. The highest BCUT2D eigenvalue weighted by molar-refractivity contribution is 7.89. The van der Waals surface area contributed by atoms with Crippen LogP contribution >= 0.6 is 22.7 Å². The fraction of sp³-hybridized carbons (Fsp3) is 0.385. The van der Waals surface area contributed by atoms with E-state index >= 15 is 0 Å². The van der Waals surface area contributed by atoms with E-state index in [1.54, 1.807) is 24.3 Å². The molecular formula is C13H17NO3S3. The van der Waals surface area contributed by atoms with Crippen LogP contribution in [0, 0.1) is 6.92 Å². The second-order valence-corrected chi connectivity index (χ2v) is 8.58. The van der Waals surface area contributed by atoms with Crippen molar-refractivity contribution in [2.75, 3.05) is 6.54 Å². The number of hydrogen-bond acceptors (Lipinski definition) is 5. The lowest BCUT2D eigenvalue weighted by molar-refractivity contribution is 0.285. The van der Waals surface area contributed by atoms with Crippen LogP contribution in [0.5, 0.6) is 0 Å². The van der Waals surface area contributed by atoms with Crippen molar-refractivity contribution in [1.29, 1.82) is 0 Å². The van der Waals surface area contributed by atoms with E-state index in [1.807, 2.05) is 24.4 Å². The van der Waals surface area contributed by atoms with Crippen molar-refractivity contribution in [2.45, 2.75) is 31.9 Å². The molecule has 0 aromatic carbocycles. The van der Waals surface area contributed by atoms with Gasteiger partial charge in [0.1, 0.15) is 0 Å². The molecule has 0 saturated carbocycles. The minimum absolute atomic E-state index is 0.127. The molecule has 0 radical (unpaired) electrons. The van der Waals surface area contributed by atoms with E-state index in [0.29, 0.717) is 22.9 Å². The highest BCUT2D eigenvalue weighted by atomic mass is 32.2. The second kappa shape index (κ2) is 6.36. The number of thiophene rings is 2. The van der Waals surface area contributed by atoms with Crippen LogP contribution in [0.4, 0.5) is 0 Å². The van der Waals surface area contributed by atoms with Gasteiger partial charge in [-0.05, 0) is 24.4 Å². The lowest BCUT2D eigenvalue weighted by atomic mass is 10.4. The van der Waals surface area contributed by atoms with E-state index in [-0.39, 0.29) is 6.61 Å². The molecule has 0 aliphatic rings. The Morgan fingerprint density at radius 3 is 2.60 bits per heavy atom. The number of aliphatic hydroxyl groups is 1. The van der Waals surface area contributed by atoms with Gasteiger partial charge in [0, 0.05) is 27.7 Å². The first-order valence-electron chi connectivity index (χ1n) is 6.21. The Morgan fingerprint density at radius 1 is 1.35 bits per heavy atom. The van der Waals surface area contributed by atoms with Crippen molar-refractivity contribution in [3.8, 4) is 0 Å². The fourth-order valence-electron chi connectivity index (χ4n) is 1.94. The molecule has 0 unspecified atom stereocenters. The van der Waals surface area contributed by atoms with E-state index in [2.05, 4.69) is 0 Å². The first-order chi connectivity index (χ1) is 9.48. The van der Waals surface area contributed by atoms with E-state index in [9.17, 15) is 8.42 Å². The molecule has 0 fully saturated rings. The summed E-state index contributed by atoms with van der Waals surface area (Å²) in [7, 11) is -3.51. The maximum absolute atomic E-state index is 12.7. The van der Waals surface area contributed by atoms with Crippen LogP contribution in [-0.2, 0) is 23.2 Å². The normalized spacial score (nSPS) is 12.2. The fourth-order valence-corrected chi connectivity index (χ4v) is 5.63. The molecule has 1 N–H and O–H groups in total. The second-order valence-electron chi connectivity index (χ2n) is 4.30. The predicted octanol–water partition coefficient (Wildman–Crippen LogP) is 2.82. The van der Waals surface area contributed by atoms with Crippen molar-refractivity contribution < 1.29 is 13.5 Å².